The van der Waals surface area contributed by atoms with Gasteiger partial charge in [-0.25, -0.2) is 0 Å². The summed E-state index contributed by atoms with van der Waals surface area (Å²) in [4.78, 5) is 12.2. The first kappa shape index (κ1) is 16.6. The normalized spacial score (nSPS) is 17.0. The van der Waals surface area contributed by atoms with E-state index in [0.29, 0.717) is 35.5 Å². The molecule has 0 radical (unpaired) electrons. The van der Waals surface area contributed by atoms with E-state index in [1.54, 1.807) is 6.07 Å². The van der Waals surface area contributed by atoms with Crippen molar-refractivity contribution in [2.75, 3.05) is 19.8 Å². The van der Waals surface area contributed by atoms with E-state index in [1.165, 1.54) is 6.20 Å². The average molecular weight is 372 g/mol. The molecule has 0 unspecified atom stereocenters. The molecule has 3 rings (SSSR count). The van der Waals surface area contributed by atoms with E-state index in [1.807, 2.05) is 12.1 Å². The molecule has 5 nitrogen and oxygen atoms in total. The molecule has 1 fully saturated rings. The van der Waals surface area contributed by atoms with Crippen LogP contribution < -0.4 is 5.32 Å². The minimum absolute atomic E-state index is 0.227. The molecule has 1 saturated heterocycles. The Morgan fingerprint density at radius 1 is 1.35 bits per heavy atom. The molecular formula is C15H15Cl2N3O2S. The Morgan fingerprint density at radius 2 is 2.13 bits per heavy atom. The molecule has 1 amide bonds. The van der Waals surface area contributed by atoms with E-state index in [2.05, 4.69) is 14.1 Å². The van der Waals surface area contributed by atoms with Crippen LogP contribution in [0.25, 0.3) is 0 Å². The topological polar surface area (TPSA) is 64.1 Å². The molecule has 23 heavy (non-hydrogen) atoms. The number of carbonyl (C=O) groups is 1. The summed E-state index contributed by atoms with van der Waals surface area (Å²) in [6.07, 6.45) is 3.03. The second-order valence-electron chi connectivity index (χ2n) is 5.49. The summed E-state index contributed by atoms with van der Waals surface area (Å²) in [6.45, 7) is 1.73. The number of hydrogen-bond acceptors (Lipinski definition) is 5. The number of carbonyl (C=O) groups excluding carboxylic acids is 1. The molecule has 122 valence electrons. The first-order valence-electron chi connectivity index (χ1n) is 7.20. The highest BCUT2D eigenvalue weighted by atomic mass is 35.5. The van der Waals surface area contributed by atoms with Crippen molar-refractivity contribution in [1.82, 2.24) is 14.1 Å². The lowest BCUT2D eigenvalue weighted by Gasteiger charge is -2.38. The van der Waals surface area contributed by atoms with Crippen LogP contribution in [0.2, 0.25) is 10.0 Å². The number of nitrogens with one attached hydrogen (secondary N) is 1. The quantitative estimate of drug-likeness (QED) is 0.894. The molecule has 1 aliphatic rings. The molecule has 0 aliphatic carbocycles. The summed E-state index contributed by atoms with van der Waals surface area (Å²) in [5.41, 5.74) is 1.06. The zero-order chi connectivity index (χ0) is 16.3. The van der Waals surface area contributed by atoms with Crippen LogP contribution in [0.5, 0.6) is 0 Å². The van der Waals surface area contributed by atoms with Crippen LogP contribution in [0.15, 0.2) is 24.4 Å². The van der Waals surface area contributed by atoms with Gasteiger partial charge in [0.15, 0.2) is 5.69 Å². The van der Waals surface area contributed by atoms with Crippen LogP contribution in [0.1, 0.15) is 28.9 Å². The first-order valence-corrected chi connectivity index (χ1v) is 8.68. The van der Waals surface area contributed by atoms with Crippen LogP contribution in [-0.2, 0) is 10.2 Å². The zero-order valence-electron chi connectivity index (χ0n) is 12.2. The van der Waals surface area contributed by atoms with Crippen molar-refractivity contribution < 1.29 is 9.53 Å². The van der Waals surface area contributed by atoms with Crippen molar-refractivity contribution in [2.24, 2.45) is 0 Å². The van der Waals surface area contributed by atoms with E-state index in [-0.39, 0.29) is 11.3 Å². The minimum atomic E-state index is -0.265. The number of hydrogen-bond donors (Lipinski definition) is 1. The van der Waals surface area contributed by atoms with E-state index >= 15 is 0 Å². The summed E-state index contributed by atoms with van der Waals surface area (Å²) in [5.74, 6) is -0.227. The Kier molecular flexibility index (Phi) is 5.16. The predicted octanol–water partition coefficient (Wildman–Crippen LogP) is 3.32. The highest BCUT2D eigenvalue weighted by Gasteiger charge is 2.36. The number of rotatable bonds is 4. The van der Waals surface area contributed by atoms with Gasteiger partial charge in [-0.15, -0.1) is 0 Å². The second-order valence-corrected chi connectivity index (χ2v) is 6.89. The van der Waals surface area contributed by atoms with Crippen LogP contribution in [-0.4, -0.2) is 34.4 Å². The number of halogens is 2. The average Bonchev–Trinajstić information content (AvgIpc) is 3.08. The van der Waals surface area contributed by atoms with Gasteiger partial charge in [-0.3, -0.25) is 4.79 Å². The van der Waals surface area contributed by atoms with Gasteiger partial charge in [0.2, 0.25) is 0 Å². The van der Waals surface area contributed by atoms with Gasteiger partial charge in [-0.1, -0.05) is 29.3 Å². The summed E-state index contributed by atoms with van der Waals surface area (Å²) >= 11 is 13.4. The van der Waals surface area contributed by atoms with Crippen molar-refractivity contribution >= 4 is 40.8 Å². The third-order valence-corrected chi connectivity index (χ3v) is 5.16. The summed E-state index contributed by atoms with van der Waals surface area (Å²) in [6, 6.07) is 5.50. The van der Waals surface area contributed by atoms with E-state index in [9.17, 15) is 4.79 Å². The maximum absolute atomic E-state index is 12.2. The SMILES string of the molecule is O=C(NCC1(c2ccc(Cl)cc2Cl)CCOCC1)c1cnsn1. The number of aromatic nitrogens is 2. The molecular weight excluding hydrogens is 357 g/mol. The third kappa shape index (κ3) is 3.66. The lowest BCUT2D eigenvalue weighted by molar-refractivity contribution is 0.0487. The third-order valence-electron chi connectivity index (χ3n) is 4.13. The van der Waals surface area contributed by atoms with Crippen molar-refractivity contribution in [3.8, 4) is 0 Å². The molecule has 0 bridgehead atoms. The number of nitrogens with zero attached hydrogens (tertiary/aromatic N) is 2. The summed E-state index contributed by atoms with van der Waals surface area (Å²) in [7, 11) is 0. The first-order chi connectivity index (χ1) is 11.1. The van der Waals surface area contributed by atoms with E-state index in [0.717, 1.165) is 30.1 Å². The molecule has 1 aromatic carbocycles. The smallest absolute Gasteiger partial charge is 0.272 e. The Hall–Kier alpha value is -1.21. The monoisotopic (exact) mass is 371 g/mol. The fraction of sp³-hybridized carbons (Fsp3) is 0.400. The van der Waals surface area contributed by atoms with Crippen molar-refractivity contribution in [1.29, 1.82) is 0 Å². The molecule has 2 aromatic rings. The molecule has 0 atom stereocenters. The number of ether oxygens (including phenoxy) is 1. The molecule has 0 spiro atoms. The van der Waals surface area contributed by atoms with Crippen LogP contribution in [0.4, 0.5) is 0 Å². The largest absolute Gasteiger partial charge is 0.381 e. The molecule has 8 heteroatoms. The van der Waals surface area contributed by atoms with Gasteiger partial charge in [0.1, 0.15) is 0 Å². The van der Waals surface area contributed by atoms with Crippen molar-refractivity contribution in [3.05, 3.63) is 45.7 Å². The van der Waals surface area contributed by atoms with Crippen LogP contribution in [0.3, 0.4) is 0 Å². The Balaban J connectivity index is 1.83. The molecule has 1 aliphatic heterocycles. The van der Waals surface area contributed by atoms with Gasteiger partial charge in [0.05, 0.1) is 17.9 Å². The Bertz CT molecular complexity index is 688. The van der Waals surface area contributed by atoms with Crippen LogP contribution >= 0.6 is 34.9 Å². The minimum Gasteiger partial charge on any atom is -0.381 e. The zero-order valence-corrected chi connectivity index (χ0v) is 14.5. The second kappa shape index (κ2) is 7.13. The Morgan fingerprint density at radius 3 is 2.78 bits per heavy atom. The fourth-order valence-electron chi connectivity index (χ4n) is 2.83. The molecule has 2 heterocycles. The maximum atomic E-state index is 12.2. The highest BCUT2D eigenvalue weighted by molar-refractivity contribution is 6.99. The van der Waals surface area contributed by atoms with Gasteiger partial charge < -0.3 is 10.1 Å². The maximum Gasteiger partial charge on any atom is 0.272 e. The number of benzene rings is 1. The van der Waals surface area contributed by atoms with E-state index in [4.69, 9.17) is 27.9 Å². The Labute approximate surface area is 148 Å². The van der Waals surface area contributed by atoms with Gasteiger partial charge in [0.25, 0.3) is 5.91 Å². The lowest BCUT2D eigenvalue weighted by atomic mass is 9.74. The summed E-state index contributed by atoms with van der Waals surface area (Å²) in [5, 5.41) is 4.16. The lowest BCUT2D eigenvalue weighted by Crippen LogP contribution is -2.44. The molecule has 1 N–H and O–H groups in total. The standard InChI is InChI=1S/C15H15Cl2N3O2S/c16-10-1-2-11(12(17)7-10)15(3-5-22-6-4-15)9-18-14(21)13-8-19-23-20-13/h1-2,7-8H,3-6,9H2,(H,18,21). The van der Waals surface area contributed by atoms with Crippen LogP contribution in [0, 0.1) is 0 Å². The van der Waals surface area contributed by atoms with Crippen molar-refractivity contribution in [2.45, 2.75) is 18.3 Å². The highest BCUT2D eigenvalue weighted by Crippen LogP contribution is 2.39. The summed E-state index contributed by atoms with van der Waals surface area (Å²) < 4.78 is 13.3. The van der Waals surface area contributed by atoms with E-state index < -0.39 is 0 Å². The van der Waals surface area contributed by atoms with Crippen molar-refractivity contribution in [3.63, 3.8) is 0 Å². The predicted molar refractivity (Wildman–Crippen MR) is 90.4 cm³/mol. The van der Waals surface area contributed by atoms with Gasteiger partial charge in [-0.05, 0) is 30.5 Å². The van der Waals surface area contributed by atoms with Gasteiger partial charge >= 0.3 is 0 Å². The molecule has 1 aromatic heterocycles. The number of amides is 1. The van der Waals surface area contributed by atoms with Gasteiger partial charge in [0, 0.05) is 35.2 Å². The fourth-order valence-corrected chi connectivity index (χ4v) is 3.85. The molecule has 0 saturated carbocycles. The van der Waals surface area contributed by atoms with Gasteiger partial charge in [-0.2, -0.15) is 8.75 Å².